The summed E-state index contributed by atoms with van der Waals surface area (Å²) in [4.78, 5) is 6.61. The Labute approximate surface area is 148 Å². The van der Waals surface area contributed by atoms with Crippen molar-refractivity contribution in [3.05, 3.63) is 48.0 Å². The van der Waals surface area contributed by atoms with E-state index in [9.17, 15) is 0 Å². The van der Waals surface area contributed by atoms with Crippen molar-refractivity contribution < 1.29 is 9.47 Å². The number of hydrogen-bond donors (Lipinski definition) is 0. The average molecular weight is 342 g/mol. The van der Waals surface area contributed by atoms with Crippen LogP contribution in [0.25, 0.3) is 0 Å². The molecule has 2 aliphatic heterocycles. The summed E-state index contributed by atoms with van der Waals surface area (Å²) in [6.07, 6.45) is 7.88. The largest absolute Gasteiger partial charge is 0.381 e. The lowest BCUT2D eigenvalue weighted by Gasteiger charge is -2.36. The van der Waals surface area contributed by atoms with E-state index in [4.69, 9.17) is 9.47 Å². The molecule has 0 N–H and O–H groups in total. The van der Waals surface area contributed by atoms with Gasteiger partial charge in [0.05, 0.1) is 24.9 Å². The Morgan fingerprint density at radius 2 is 1.96 bits per heavy atom. The van der Waals surface area contributed by atoms with Crippen LogP contribution >= 0.6 is 0 Å². The lowest BCUT2D eigenvalue weighted by molar-refractivity contribution is 0.0284. The lowest BCUT2D eigenvalue weighted by atomic mass is 9.99. The first-order valence-electron chi connectivity index (χ1n) is 9.17. The molecule has 2 aliphatic rings. The van der Waals surface area contributed by atoms with Gasteiger partial charge >= 0.3 is 0 Å². The third kappa shape index (κ3) is 4.26. The normalized spacial score (nSPS) is 22.0. The van der Waals surface area contributed by atoms with Crippen molar-refractivity contribution in [1.29, 1.82) is 0 Å². The first-order valence-corrected chi connectivity index (χ1v) is 9.17. The van der Waals surface area contributed by atoms with Crippen molar-refractivity contribution in [3.8, 4) is 0 Å². The number of nitrogens with zero attached hydrogens (tertiary/aromatic N) is 4. The van der Waals surface area contributed by atoms with E-state index in [2.05, 4.69) is 25.7 Å². The second kappa shape index (κ2) is 8.08. The van der Waals surface area contributed by atoms with Gasteiger partial charge in [-0.1, -0.05) is 0 Å². The van der Waals surface area contributed by atoms with Crippen LogP contribution in [0.2, 0.25) is 0 Å². The molecule has 6 heteroatoms. The molecule has 4 rings (SSSR count). The summed E-state index contributed by atoms with van der Waals surface area (Å²) < 4.78 is 13.6. The van der Waals surface area contributed by atoms with E-state index in [1.165, 1.54) is 18.5 Å². The van der Waals surface area contributed by atoms with Crippen molar-refractivity contribution in [3.63, 3.8) is 0 Å². The van der Waals surface area contributed by atoms with Crippen LogP contribution in [0.4, 0.5) is 0 Å². The zero-order valence-corrected chi connectivity index (χ0v) is 14.6. The second-order valence-electron chi connectivity index (χ2n) is 7.04. The van der Waals surface area contributed by atoms with Crippen LogP contribution in [0.5, 0.6) is 0 Å². The highest BCUT2D eigenvalue weighted by Crippen LogP contribution is 2.24. The minimum atomic E-state index is 0.278. The minimum absolute atomic E-state index is 0.278. The summed E-state index contributed by atoms with van der Waals surface area (Å²) in [7, 11) is 0. The van der Waals surface area contributed by atoms with Crippen molar-refractivity contribution in [2.45, 2.75) is 32.0 Å². The van der Waals surface area contributed by atoms with E-state index in [0.717, 1.165) is 44.3 Å². The van der Waals surface area contributed by atoms with Crippen LogP contribution in [0, 0.1) is 5.92 Å². The zero-order chi connectivity index (χ0) is 16.9. The van der Waals surface area contributed by atoms with Crippen molar-refractivity contribution in [2.75, 3.05) is 32.9 Å². The quantitative estimate of drug-likeness (QED) is 0.806. The molecule has 134 valence electrons. The molecule has 0 saturated carbocycles. The van der Waals surface area contributed by atoms with Crippen LogP contribution < -0.4 is 0 Å². The van der Waals surface area contributed by atoms with E-state index < -0.39 is 0 Å². The number of ether oxygens (including phenoxy) is 2. The standard InChI is InChI=1S/C19H26N4O2/c1-6-20-7-2-17(1)14-25-15-19-13-22(11-16-4-9-24-10-5-16)12-18-3-8-21-23(18)19/h1-3,6-8,16,19H,4-5,9-15H2. The maximum atomic E-state index is 5.99. The van der Waals surface area contributed by atoms with Gasteiger partial charge in [-0.05, 0) is 42.5 Å². The van der Waals surface area contributed by atoms with Gasteiger partial charge in [0.2, 0.25) is 0 Å². The van der Waals surface area contributed by atoms with Crippen molar-refractivity contribution in [1.82, 2.24) is 19.7 Å². The average Bonchev–Trinajstić information content (AvgIpc) is 3.12. The Morgan fingerprint density at radius 3 is 2.80 bits per heavy atom. The van der Waals surface area contributed by atoms with Crippen LogP contribution in [0.15, 0.2) is 36.8 Å². The Morgan fingerprint density at radius 1 is 1.12 bits per heavy atom. The summed E-state index contributed by atoms with van der Waals surface area (Å²) in [5.41, 5.74) is 2.45. The molecule has 25 heavy (non-hydrogen) atoms. The van der Waals surface area contributed by atoms with E-state index in [0.29, 0.717) is 13.2 Å². The summed E-state index contributed by atoms with van der Waals surface area (Å²) in [6, 6.07) is 6.40. The van der Waals surface area contributed by atoms with Gasteiger partial charge in [0.15, 0.2) is 0 Å². The molecule has 0 bridgehead atoms. The highest BCUT2D eigenvalue weighted by Gasteiger charge is 2.27. The Hall–Kier alpha value is -1.76. The Kier molecular flexibility index (Phi) is 5.40. The number of aromatic nitrogens is 3. The topological polar surface area (TPSA) is 52.4 Å². The molecule has 0 radical (unpaired) electrons. The third-order valence-electron chi connectivity index (χ3n) is 5.14. The van der Waals surface area contributed by atoms with Crippen LogP contribution in [0.1, 0.15) is 30.1 Å². The highest BCUT2D eigenvalue weighted by molar-refractivity contribution is 5.08. The zero-order valence-electron chi connectivity index (χ0n) is 14.6. The molecule has 1 atom stereocenters. The molecule has 1 unspecified atom stereocenters. The Bertz CT molecular complexity index is 654. The fraction of sp³-hybridized carbons (Fsp3) is 0.579. The van der Waals surface area contributed by atoms with Gasteiger partial charge < -0.3 is 9.47 Å². The summed E-state index contributed by atoms with van der Waals surface area (Å²) in [5.74, 6) is 0.751. The molecule has 0 amide bonds. The molecule has 0 aliphatic carbocycles. The molecule has 2 aromatic rings. The van der Waals surface area contributed by atoms with E-state index >= 15 is 0 Å². The Balaban J connectivity index is 1.35. The van der Waals surface area contributed by atoms with E-state index in [1.54, 1.807) is 12.4 Å². The predicted molar refractivity (Wildman–Crippen MR) is 94.0 cm³/mol. The number of pyridine rings is 1. The molecule has 0 aromatic carbocycles. The predicted octanol–water partition coefficient (Wildman–Crippen LogP) is 2.28. The van der Waals surface area contributed by atoms with Gasteiger partial charge in [-0.15, -0.1) is 0 Å². The molecule has 1 fully saturated rings. The summed E-state index contributed by atoms with van der Waals surface area (Å²) in [6.45, 7) is 6.26. The SMILES string of the molecule is c1cc(COCC2CN(CC3CCOCC3)Cc3ccnn32)ccn1. The summed E-state index contributed by atoms with van der Waals surface area (Å²) >= 11 is 0. The van der Waals surface area contributed by atoms with Gasteiger partial charge in [-0.3, -0.25) is 14.6 Å². The van der Waals surface area contributed by atoms with Gasteiger partial charge in [0, 0.05) is 51.4 Å². The number of fused-ring (bicyclic) bond motifs is 1. The molecular formula is C19H26N4O2. The van der Waals surface area contributed by atoms with Gasteiger partial charge in [-0.25, -0.2) is 0 Å². The van der Waals surface area contributed by atoms with Crippen molar-refractivity contribution >= 4 is 0 Å². The molecule has 2 aromatic heterocycles. The van der Waals surface area contributed by atoms with E-state index in [-0.39, 0.29) is 6.04 Å². The summed E-state index contributed by atoms with van der Waals surface area (Å²) in [5, 5.41) is 4.53. The van der Waals surface area contributed by atoms with Crippen LogP contribution in [0.3, 0.4) is 0 Å². The number of rotatable bonds is 6. The van der Waals surface area contributed by atoms with Crippen molar-refractivity contribution in [2.24, 2.45) is 5.92 Å². The monoisotopic (exact) mass is 342 g/mol. The molecule has 6 nitrogen and oxygen atoms in total. The minimum Gasteiger partial charge on any atom is -0.381 e. The maximum Gasteiger partial charge on any atom is 0.0883 e. The molecular weight excluding hydrogens is 316 g/mol. The van der Waals surface area contributed by atoms with Gasteiger partial charge in [0.25, 0.3) is 0 Å². The molecule has 1 saturated heterocycles. The van der Waals surface area contributed by atoms with Gasteiger partial charge in [-0.2, -0.15) is 5.10 Å². The number of hydrogen-bond acceptors (Lipinski definition) is 5. The van der Waals surface area contributed by atoms with Crippen LogP contribution in [-0.2, 0) is 22.6 Å². The smallest absolute Gasteiger partial charge is 0.0883 e. The second-order valence-corrected chi connectivity index (χ2v) is 7.04. The molecule has 0 spiro atoms. The molecule has 4 heterocycles. The maximum absolute atomic E-state index is 5.99. The first-order chi connectivity index (χ1) is 12.4. The highest BCUT2D eigenvalue weighted by atomic mass is 16.5. The lowest BCUT2D eigenvalue weighted by Crippen LogP contribution is -2.42. The van der Waals surface area contributed by atoms with E-state index in [1.807, 2.05) is 18.3 Å². The van der Waals surface area contributed by atoms with Crippen LogP contribution in [-0.4, -0.2) is 52.6 Å². The third-order valence-corrected chi connectivity index (χ3v) is 5.14. The first kappa shape index (κ1) is 16.7. The fourth-order valence-corrected chi connectivity index (χ4v) is 3.81. The van der Waals surface area contributed by atoms with Gasteiger partial charge in [0.1, 0.15) is 0 Å². The fourth-order valence-electron chi connectivity index (χ4n) is 3.81.